The fourth-order valence-electron chi connectivity index (χ4n) is 2.43. The van der Waals surface area contributed by atoms with Crippen molar-refractivity contribution in [2.45, 2.75) is 32.0 Å². The van der Waals surface area contributed by atoms with Gasteiger partial charge in [-0.05, 0) is 29.3 Å². The SMILES string of the molecule is CCCOC1C(=O)CC1Oc1ccc2ccccc2c1. The summed E-state index contributed by atoms with van der Waals surface area (Å²) in [6.07, 6.45) is 0.824. The maximum Gasteiger partial charge on any atom is 0.169 e. The van der Waals surface area contributed by atoms with Crippen molar-refractivity contribution in [3.8, 4) is 5.75 Å². The van der Waals surface area contributed by atoms with Crippen LogP contribution in [0.4, 0.5) is 0 Å². The van der Waals surface area contributed by atoms with E-state index in [2.05, 4.69) is 12.1 Å². The first kappa shape index (κ1) is 13.1. The summed E-state index contributed by atoms with van der Waals surface area (Å²) in [6, 6.07) is 14.1. The number of hydrogen-bond donors (Lipinski definition) is 0. The van der Waals surface area contributed by atoms with Crippen molar-refractivity contribution >= 4 is 16.6 Å². The molecule has 2 aromatic carbocycles. The number of rotatable bonds is 5. The quantitative estimate of drug-likeness (QED) is 0.835. The van der Waals surface area contributed by atoms with Gasteiger partial charge in [0.05, 0.1) is 0 Å². The molecule has 2 unspecified atom stereocenters. The molecule has 20 heavy (non-hydrogen) atoms. The third-order valence-corrected chi connectivity index (χ3v) is 3.57. The van der Waals surface area contributed by atoms with Crippen LogP contribution in [0, 0.1) is 0 Å². The highest BCUT2D eigenvalue weighted by molar-refractivity contribution is 5.91. The summed E-state index contributed by atoms with van der Waals surface area (Å²) in [5.41, 5.74) is 0. The van der Waals surface area contributed by atoms with E-state index in [4.69, 9.17) is 9.47 Å². The maximum absolute atomic E-state index is 11.5. The van der Waals surface area contributed by atoms with Gasteiger partial charge in [0.15, 0.2) is 11.9 Å². The Labute approximate surface area is 118 Å². The van der Waals surface area contributed by atoms with Gasteiger partial charge in [-0.2, -0.15) is 0 Å². The van der Waals surface area contributed by atoms with E-state index in [1.165, 1.54) is 5.39 Å². The normalized spacial score (nSPS) is 21.8. The van der Waals surface area contributed by atoms with Crippen molar-refractivity contribution < 1.29 is 14.3 Å². The summed E-state index contributed by atoms with van der Waals surface area (Å²) in [5.74, 6) is 0.940. The lowest BCUT2D eigenvalue weighted by molar-refractivity contribution is -0.154. The van der Waals surface area contributed by atoms with Gasteiger partial charge in [-0.15, -0.1) is 0 Å². The van der Waals surface area contributed by atoms with Crippen molar-refractivity contribution in [1.29, 1.82) is 0 Å². The van der Waals surface area contributed by atoms with E-state index in [1.807, 2.05) is 37.3 Å². The zero-order chi connectivity index (χ0) is 13.9. The van der Waals surface area contributed by atoms with E-state index < -0.39 is 0 Å². The minimum atomic E-state index is -0.388. The number of Topliss-reactive ketones (excluding diaryl/α,β-unsaturated/α-hetero) is 1. The average Bonchev–Trinajstić information content (AvgIpc) is 2.47. The van der Waals surface area contributed by atoms with Crippen molar-refractivity contribution in [2.75, 3.05) is 6.61 Å². The lowest BCUT2D eigenvalue weighted by Gasteiger charge is -2.34. The lowest BCUT2D eigenvalue weighted by atomic mass is 9.90. The smallest absolute Gasteiger partial charge is 0.169 e. The standard InChI is InChI=1S/C17H18O3/c1-2-9-19-17-15(18)11-16(17)20-14-8-7-12-5-3-4-6-13(12)10-14/h3-8,10,16-17H,2,9,11H2,1H3. The minimum Gasteiger partial charge on any atom is -0.487 e. The number of carbonyl (C=O) groups excluding carboxylic acids is 1. The summed E-state index contributed by atoms with van der Waals surface area (Å²) < 4.78 is 11.4. The van der Waals surface area contributed by atoms with Crippen molar-refractivity contribution in [3.05, 3.63) is 42.5 Å². The largest absolute Gasteiger partial charge is 0.487 e. The van der Waals surface area contributed by atoms with E-state index in [9.17, 15) is 4.79 Å². The molecule has 1 aliphatic rings. The summed E-state index contributed by atoms with van der Waals surface area (Å²) in [5, 5.41) is 2.32. The third-order valence-electron chi connectivity index (χ3n) is 3.57. The lowest BCUT2D eigenvalue weighted by Crippen LogP contribution is -2.52. The monoisotopic (exact) mass is 270 g/mol. The fraction of sp³-hybridized carbons (Fsp3) is 0.353. The van der Waals surface area contributed by atoms with Gasteiger partial charge in [-0.1, -0.05) is 37.3 Å². The van der Waals surface area contributed by atoms with E-state index in [0.717, 1.165) is 17.6 Å². The second-order valence-corrected chi connectivity index (χ2v) is 5.13. The molecule has 3 heteroatoms. The molecule has 2 atom stereocenters. The summed E-state index contributed by atoms with van der Waals surface area (Å²) in [7, 11) is 0. The van der Waals surface area contributed by atoms with Crippen LogP contribution in [0.3, 0.4) is 0 Å². The first-order chi connectivity index (χ1) is 9.78. The fourth-order valence-corrected chi connectivity index (χ4v) is 2.43. The van der Waals surface area contributed by atoms with E-state index in [1.54, 1.807) is 0 Å². The third kappa shape index (κ3) is 2.54. The Kier molecular flexibility index (Phi) is 3.70. The summed E-state index contributed by atoms with van der Waals surface area (Å²) >= 11 is 0. The van der Waals surface area contributed by atoms with Gasteiger partial charge < -0.3 is 9.47 Å². The van der Waals surface area contributed by atoms with Crippen molar-refractivity contribution in [1.82, 2.24) is 0 Å². The molecule has 3 rings (SSSR count). The number of carbonyl (C=O) groups is 1. The van der Waals surface area contributed by atoms with Crippen LogP contribution in [0.1, 0.15) is 19.8 Å². The highest BCUT2D eigenvalue weighted by Crippen LogP contribution is 2.28. The minimum absolute atomic E-state index is 0.143. The van der Waals surface area contributed by atoms with Gasteiger partial charge in [0.25, 0.3) is 0 Å². The van der Waals surface area contributed by atoms with E-state index >= 15 is 0 Å². The molecule has 104 valence electrons. The van der Waals surface area contributed by atoms with Gasteiger partial charge in [-0.3, -0.25) is 4.79 Å². The van der Waals surface area contributed by atoms with Gasteiger partial charge in [0, 0.05) is 13.0 Å². The second kappa shape index (κ2) is 5.63. The Morgan fingerprint density at radius 3 is 2.70 bits per heavy atom. The van der Waals surface area contributed by atoms with Gasteiger partial charge >= 0.3 is 0 Å². The molecular weight excluding hydrogens is 252 g/mol. The zero-order valence-electron chi connectivity index (χ0n) is 11.5. The first-order valence-corrected chi connectivity index (χ1v) is 7.07. The molecule has 1 saturated carbocycles. The molecule has 2 aromatic rings. The Hall–Kier alpha value is -1.87. The number of hydrogen-bond acceptors (Lipinski definition) is 3. The zero-order valence-corrected chi connectivity index (χ0v) is 11.5. The Morgan fingerprint density at radius 1 is 1.15 bits per heavy atom. The van der Waals surface area contributed by atoms with Gasteiger partial charge in [-0.25, -0.2) is 0 Å². The predicted molar refractivity (Wildman–Crippen MR) is 78.0 cm³/mol. The molecular formula is C17H18O3. The maximum atomic E-state index is 11.5. The Balaban J connectivity index is 1.71. The molecule has 0 spiro atoms. The molecule has 1 aliphatic carbocycles. The molecule has 0 heterocycles. The van der Waals surface area contributed by atoms with Gasteiger partial charge in [0.2, 0.25) is 0 Å². The molecule has 0 saturated heterocycles. The van der Waals surface area contributed by atoms with Crippen LogP contribution in [0.25, 0.3) is 10.8 Å². The number of ether oxygens (including phenoxy) is 2. The molecule has 3 nitrogen and oxygen atoms in total. The summed E-state index contributed by atoms with van der Waals surface area (Å²) in [4.78, 5) is 11.5. The molecule has 0 amide bonds. The van der Waals surface area contributed by atoms with Gasteiger partial charge in [0.1, 0.15) is 11.9 Å². The van der Waals surface area contributed by atoms with Crippen molar-refractivity contribution in [3.63, 3.8) is 0 Å². The van der Waals surface area contributed by atoms with Crippen LogP contribution < -0.4 is 4.74 Å². The molecule has 0 bridgehead atoms. The number of ketones is 1. The Morgan fingerprint density at radius 2 is 1.95 bits per heavy atom. The van der Waals surface area contributed by atoms with Crippen LogP contribution in [0.2, 0.25) is 0 Å². The number of benzene rings is 2. The molecule has 1 fully saturated rings. The number of fused-ring (bicyclic) bond motifs is 1. The molecule has 0 radical (unpaired) electrons. The van der Waals surface area contributed by atoms with E-state index in [0.29, 0.717) is 13.0 Å². The first-order valence-electron chi connectivity index (χ1n) is 7.07. The summed E-state index contributed by atoms with van der Waals surface area (Å²) in [6.45, 7) is 2.64. The van der Waals surface area contributed by atoms with Crippen LogP contribution in [0.5, 0.6) is 5.75 Å². The van der Waals surface area contributed by atoms with Crippen LogP contribution >= 0.6 is 0 Å². The Bertz CT molecular complexity index is 620. The molecule has 0 aliphatic heterocycles. The van der Waals surface area contributed by atoms with Crippen molar-refractivity contribution in [2.24, 2.45) is 0 Å². The highest BCUT2D eigenvalue weighted by atomic mass is 16.5. The highest BCUT2D eigenvalue weighted by Gasteiger charge is 2.42. The molecule has 0 N–H and O–H groups in total. The van der Waals surface area contributed by atoms with E-state index in [-0.39, 0.29) is 18.0 Å². The molecule has 0 aromatic heterocycles. The second-order valence-electron chi connectivity index (χ2n) is 5.13. The van der Waals surface area contributed by atoms with Crippen LogP contribution in [0.15, 0.2) is 42.5 Å². The van der Waals surface area contributed by atoms with Crippen LogP contribution in [-0.2, 0) is 9.53 Å². The average molecular weight is 270 g/mol. The topological polar surface area (TPSA) is 35.5 Å². The predicted octanol–water partition coefficient (Wildman–Crippen LogP) is 3.36. The van der Waals surface area contributed by atoms with Crippen LogP contribution in [-0.4, -0.2) is 24.6 Å².